The first kappa shape index (κ1) is 18.5. The molecule has 2 rings (SSSR count). The van der Waals surface area contributed by atoms with E-state index in [1.807, 2.05) is 51.1 Å². The first-order chi connectivity index (χ1) is 11.9. The Kier molecular flexibility index (Phi) is 6.17. The standard InChI is InChI=1S/C20H24N2O3/c1-14(2)22(12-16-7-5-4-6-8-16)19(23)13-25-18-11-15(3)9-10-17(18)20(21)24/h4-11,14H,12-13H2,1-3H3,(H2,21,24). The summed E-state index contributed by atoms with van der Waals surface area (Å²) in [7, 11) is 0. The first-order valence-electron chi connectivity index (χ1n) is 8.25. The normalized spacial score (nSPS) is 10.6. The van der Waals surface area contributed by atoms with Crippen molar-refractivity contribution in [3.63, 3.8) is 0 Å². The second-order valence-corrected chi connectivity index (χ2v) is 6.25. The van der Waals surface area contributed by atoms with Gasteiger partial charge in [-0.05, 0) is 44.0 Å². The quantitative estimate of drug-likeness (QED) is 0.842. The highest BCUT2D eigenvalue weighted by Crippen LogP contribution is 2.20. The monoisotopic (exact) mass is 340 g/mol. The number of benzene rings is 2. The van der Waals surface area contributed by atoms with E-state index >= 15 is 0 Å². The predicted molar refractivity (Wildman–Crippen MR) is 97.3 cm³/mol. The van der Waals surface area contributed by atoms with Crippen LogP contribution in [0.4, 0.5) is 0 Å². The van der Waals surface area contributed by atoms with Crippen molar-refractivity contribution in [1.82, 2.24) is 4.90 Å². The van der Waals surface area contributed by atoms with Crippen molar-refractivity contribution in [2.24, 2.45) is 5.73 Å². The van der Waals surface area contributed by atoms with Crippen molar-refractivity contribution >= 4 is 11.8 Å². The van der Waals surface area contributed by atoms with Gasteiger partial charge in [-0.1, -0.05) is 36.4 Å². The second-order valence-electron chi connectivity index (χ2n) is 6.25. The van der Waals surface area contributed by atoms with Gasteiger partial charge in [0.1, 0.15) is 5.75 Å². The van der Waals surface area contributed by atoms with Gasteiger partial charge in [-0.2, -0.15) is 0 Å². The summed E-state index contributed by atoms with van der Waals surface area (Å²) in [4.78, 5) is 25.9. The molecular weight excluding hydrogens is 316 g/mol. The summed E-state index contributed by atoms with van der Waals surface area (Å²) in [5.41, 5.74) is 7.62. The van der Waals surface area contributed by atoms with E-state index in [0.717, 1.165) is 11.1 Å². The Balaban J connectivity index is 2.09. The first-order valence-corrected chi connectivity index (χ1v) is 8.25. The Morgan fingerprint density at radius 1 is 1.12 bits per heavy atom. The van der Waals surface area contributed by atoms with E-state index in [1.165, 1.54) is 0 Å². The van der Waals surface area contributed by atoms with Gasteiger partial charge in [0.25, 0.3) is 11.8 Å². The molecule has 5 nitrogen and oxygen atoms in total. The molecule has 0 aliphatic rings. The fraction of sp³-hybridized carbons (Fsp3) is 0.300. The molecule has 2 N–H and O–H groups in total. The van der Waals surface area contributed by atoms with Crippen molar-refractivity contribution in [2.45, 2.75) is 33.4 Å². The van der Waals surface area contributed by atoms with Crippen molar-refractivity contribution in [1.29, 1.82) is 0 Å². The molecule has 0 atom stereocenters. The molecule has 132 valence electrons. The van der Waals surface area contributed by atoms with Crippen LogP contribution in [-0.4, -0.2) is 29.4 Å². The summed E-state index contributed by atoms with van der Waals surface area (Å²) >= 11 is 0. The van der Waals surface area contributed by atoms with E-state index in [1.54, 1.807) is 23.1 Å². The molecule has 2 amide bonds. The third-order valence-corrected chi connectivity index (χ3v) is 3.89. The summed E-state index contributed by atoms with van der Waals surface area (Å²) < 4.78 is 5.62. The molecule has 0 aliphatic carbocycles. The van der Waals surface area contributed by atoms with E-state index in [0.29, 0.717) is 12.3 Å². The molecule has 0 saturated carbocycles. The van der Waals surface area contributed by atoms with E-state index < -0.39 is 5.91 Å². The third-order valence-electron chi connectivity index (χ3n) is 3.89. The van der Waals surface area contributed by atoms with Gasteiger partial charge in [0.05, 0.1) is 5.56 Å². The van der Waals surface area contributed by atoms with E-state index in [-0.39, 0.29) is 24.1 Å². The summed E-state index contributed by atoms with van der Waals surface area (Å²) in [5, 5.41) is 0. The number of primary amides is 1. The number of nitrogens with two attached hydrogens (primary N) is 1. The minimum Gasteiger partial charge on any atom is -0.483 e. The Bertz CT molecular complexity index is 742. The van der Waals surface area contributed by atoms with E-state index in [2.05, 4.69) is 0 Å². The molecule has 0 radical (unpaired) electrons. The lowest BCUT2D eigenvalue weighted by molar-refractivity contribution is -0.135. The number of hydrogen-bond donors (Lipinski definition) is 1. The summed E-state index contributed by atoms with van der Waals surface area (Å²) in [6.45, 7) is 6.17. The topological polar surface area (TPSA) is 72.6 Å². The minimum atomic E-state index is -0.576. The molecule has 0 aromatic heterocycles. The highest BCUT2D eigenvalue weighted by atomic mass is 16.5. The van der Waals surface area contributed by atoms with Crippen LogP contribution in [-0.2, 0) is 11.3 Å². The average Bonchev–Trinajstić information content (AvgIpc) is 2.58. The number of carbonyl (C=O) groups is 2. The fourth-order valence-electron chi connectivity index (χ4n) is 2.51. The highest BCUT2D eigenvalue weighted by molar-refractivity contribution is 5.95. The Morgan fingerprint density at radius 3 is 2.40 bits per heavy atom. The van der Waals surface area contributed by atoms with Crippen molar-refractivity contribution in [2.75, 3.05) is 6.61 Å². The zero-order valence-corrected chi connectivity index (χ0v) is 14.9. The van der Waals surface area contributed by atoms with Crippen LogP contribution in [0.25, 0.3) is 0 Å². The van der Waals surface area contributed by atoms with Crippen molar-refractivity contribution in [3.05, 3.63) is 65.2 Å². The fourth-order valence-corrected chi connectivity index (χ4v) is 2.51. The molecular formula is C20H24N2O3. The molecule has 0 aliphatic heterocycles. The largest absolute Gasteiger partial charge is 0.483 e. The Hall–Kier alpha value is -2.82. The van der Waals surface area contributed by atoms with Gasteiger partial charge in [-0.15, -0.1) is 0 Å². The van der Waals surface area contributed by atoms with Crippen LogP contribution in [0.2, 0.25) is 0 Å². The SMILES string of the molecule is Cc1ccc(C(N)=O)c(OCC(=O)N(Cc2ccccc2)C(C)C)c1. The number of aryl methyl sites for hydroxylation is 1. The molecule has 0 heterocycles. The number of hydrogen-bond acceptors (Lipinski definition) is 3. The number of nitrogens with zero attached hydrogens (tertiary/aromatic N) is 1. The highest BCUT2D eigenvalue weighted by Gasteiger charge is 2.19. The summed E-state index contributed by atoms with van der Waals surface area (Å²) in [6.07, 6.45) is 0. The number of ether oxygens (including phenoxy) is 1. The van der Waals surface area contributed by atoms with Crippen LogP contribution in [0.3, 0.4) is 0 Å². The number of rotatable bonds is 7. The van der Waals surface area contributed by atoms with Gasteiger partial charge >= 0.3 is 0 Å². The summed E-state index contributed by atoms with van der Waals surface area (Å²) in [6, 6.07) is 14.9. The molecule has 0 saturated heterocycles. The van der Waals surface area contributed by atoms with Gasteiger partial charge in [0.15, 0.2) is 6.61 Å². The smallest absolute Gasteiger partial charge is 0.261 e. The zero-order chi connectivity index (χ0) is 18.4. The maximum absolute atomic E-state index is 12.6. The molecule has 25 heavy (non-hydrogen) atoms. The van der Waals surface area contributed by atoms with Gasteiger partial charge in [0.2, 0.25) is 0 Å². The third kappa shape index (κ3) is 5.08. The molecule has 5 heteroatoms. The molecule has 2 aromatic carbocycles. The number of amides is 2. The molecule has 2 aromatic rings. The maximum atomic E-state index is 12.6. The van der Waals surface area contributed by atoms with E-state index in [9.17, 15) is 9.59 Å². The van der Waals surface area contributed by atoms with Crippen LogP contribution in [0.15, 0.2) is 48.5 Å². The lowest BCUT2D eigenvalue weighted by Crippen LogP contribution is -2.39. The lowest BCUT2D eigenvalue weighted by atomic mass is 10.1. The van der Waals surface area contributed by atoms with Gasteiger partial charge in [0, 0.05) is 12.6 Å². The minimum absolute atomic E-state index is 0.0319. The van der Waals surface area contributed by atoms with Crippen molar-refractivity contribution < 1.29 is 14.3 Å². The van der Waals surface area contributed by atoms with Crippen LogP contribution in [0.5, 0.6) is 5.75 Å². The summed E-state index contributed by atoms with van der Waals surface area (Å²) in [5.74, 6) is -0.382. The van der Waals surface area contributed by atoms with E-state index in [4.69, 9.17) is 10.5 Å². The van der Waals surface area contributed by atoms with Crippen LogP contribution in [0.1, 0.15) is 35.3 Å². The molecule has 0 unspecified atom stereocenters. The van der Waals surface area contributed by atoms with Crippen LogP contribution < -0.4 is 10.5 Å². The van der Waals surface area contributed by atoms with Crippen LogP contribution in [0, 0.1) is 6.92 Å². The van der Waals surface area contributed by atoms with Gasteiger partial charge < -0.3 is 15.4 Å². The molecule has 0 bridgehead atoms. The zero-order valence-electron chi connectivity index (χ0n) is 14.9. The predicted octanol–water partition coefficient (Wildman–Crippen LogP) is 2.91. The Labute approximate surface area is 148 Å². The van der Waals surface area contributed by atoms with Crippen LogP contribution >= 0.6 is 0 Å². The second kappa shape index (κ2) is 8.33. The number of carbonyl (C=O) groups excluding carboxylic acids is 2. The molecule has 0 spiro atoms. The van der Waals surface area contributed by atoms with Gasteiger partial charge in [-0.3, -0.25) is 9.59 Å². The maximum Gasteiger partial charge on any atom is 0.261 e. The lowest BCUT2D eigenvalue weighted by Gasteiger charge is -2.27. The Morgan fingerprint density at radius 2 is 1.80 bits per heavy atom. The van der Waals surface area contributed by atoms with Crippen molar-refractivity contribution in [3.8, 4) is 5.75 Å². The molecule has 0 fully saturated rings. The average molecular weight is 340 g/mol. The van der Waals surface area contributed by atoms with Gasteiger partial charge in [-0.25, -0.2) is 0 Å².